The van der Waals surface area contributed by atoms with E-state index in [2.05, 4.69) is 10.4 Å². The number of nitrogens with zero attached hydrogens (tertiary/aromatic N) is 2. The number of nitrogens with one attached hydrogen (secondary N) is 1. The highest BCUT2D eigenvalue weighted by molar-refractivity contribution is 6.31. The summed E-state index contributed by atoms with van der Waals surface area (Å²) >= 11 is 6.24. The first-order valence-corrected chi connectivity index (χ1v) is 7.44. The maximum atomic E-state index is 11.6. The van der Waals surface area contributed by atoms with E-state index in [0.717, 1.165) is 23.1 Å². The van der Waals surface area contributed by atoms with Crippen molar-refractivity contribution in [1.29, 1.82) is 0 Å². The number of pyridine rings is 1. The molecule has 1 aromatic heterocycles. The number of hydrazine groups is 1. The van der Waals surface area contributed by atoms with Crippen LogP contribution >= 0.6 is 11.6 Å². The number of aldehydes is 1. The van der Waals surface area contributed by atoms with Crippen LogP contribution in [0.5, 0.6) is 0 Å². The number of allylic oxidation sites excluding steroid dienone is 1. The highest BCUT2D eigenvalue weighted by atomic mass is 35.5. The van der Waals surface area contributed by atoms with Gasteiger partial charge in [-0.25, -0.2) is 4.98 Å². The average molecular weight is 314 g/mol. The van der Waals surface area contributed by atoms with E-state index in [0.29, 0.717) is 17.3 Å². The minimum atomic E-state index is -0.383. The fourth-order valence-electron chi connectivity index (χ4n) is 2.62. The molecule has 2 heterocycles. The average Bonchev–Trinajstić information content (AvgIpc) is 2.86. The molecule has 112 valence electrons. The summed E-state index contributed by atoms with van der Waals surface area (Å²) in [4.78, 5) is 15.9. The first-order chi connectivity index (χ1) is 10.7. The molecule has 0 aliphatic carbocycles. The third-order valence-electron chi connectivity index (χ3n) is 3.77. The topological polar surface area (TPSA) is 45.2 Å². The van der Waals surface area contributed by atoms with E-state index >= 15 is 0 Å². The predicted molar refractivity (Wildman–Crippen MR) is 87.6 cm³/mol. The van der Waals surface area contributed by atoms with Crippen LogP contribution in [0.15, 0.2) is 59.9 Å². The number of halogens is 1. The van der Waals surface area contributed by atoms with Gasteiger partial charge in [-0.05, 0) is 42.7 Å². The van der Waals surface area contributed by atoms with Crippen LogP contribution in [0.4, 0.5) is 5.82 Å². The van der Waals surface area contributed by atoms with Crippen molar-refractivity contribution in [1.82, 2.24) is 10.4 Å². The fourth-order valence-corrected chi connectivity index (χ4v) is 2.83. The predicted octanol–water partition coefficient (Wildman–Crippen LogP) is 3.14. The van der Waals surface area contributed by atoms with Crippen molar-refractivity contribution in [3.05, 3.63) is 70.5 Å². The molecule has 0 radical (unpaired) electrons. The Morgan fingerprint density at radius 3 is 2.73 bits per heavy atom. The second-order valence-electron chi connectivity index (χ2n) is 5.17. The molecule has 0 fully saturated rings. The molecule has 1 aliphatic heterocycles. The Morgan fingerprint density at radius 1 is 1.27 bits per heavy atom. The van der Waals surface area contributed by atoms with Gasteiger partial charge < -0.3 is 10.2 Å². The largest absolute Gasteiger partial charge is 0.301 e. The van der Waals surface area contributed by atoms with Crippen LogP contribution in [0.1, 0.15) is 12.5 Å². The zero-order chi connectivity index (χ0) is 15.5. The molecule has 0 saturated carbocycles. The maximum Gasteiger partial charge on any atom is 0.148 e. The summed E-state index contributed by atoms with van der Waals surface area (Å²) < 4.78 is 0. The first-order valence-electron chi connectivity index (χ1n) is 7.06. The molecule has 5 heteroatoms. The number of anilines is 1. The fraction of sp³-hybridized carbons (Fsp3) is 0.176. The monoisotopic (exact) mass is 313 g/mol. The molecule has 0 bridgehead atoms. The van der Waals surface area contributed by atoms with Crippen LogP contribution in [0.3, 0.4) is 0 Å². The van der Waals surface area contributed by atoms with Crippen LogP contribution in [0, 0.1) is 0 Å². The van der Waals surface area contributed by atoms with Gasteiger partial charge in [0.25, 0.3) is 0 Å². The molecule has 2 aromatic rings. The van der Waals surface area contributed by atoms with E-state index in [4.69, 9.17) is 11.6 Å². The van der Waals surface area contributed by atoms with Crippen molar-refractivity contribution < 1.29 is 4.79 Å². The van der Waals surface area contributed by atoms with Crippen LogP contribution in [0.25, 0.3) is 0 Å². The highest BCUT2D eigenvalue weighted by Gasteiger charge is 2.31. The summed E-state index contributed by atoms with van der Waals surface area (Å²) in [6.07, 6.45) is 3.27. The molecular formula is C17H16ClN3O. The van der Waals surface area contributed by atoms with Crippen molar-refractivity contribution in [2.24, 2.45) is 0 Å². The molecular weight excluding hydrogens is 298 g/mol. The maximum absolute atomic E-state index is 11.6. The number of rotatable bonds is 4. The van der Waals surface area contributed by atoms with E-state index < -0.39 is 0 Å². The molecule has 1 atom stereocenters. The Balaban J connectivity index is 1.89. The lowest BCUT2D eigenvalue weighted by atomic mass is 9.98. The van der Waals surface area contributed by atoms with Gasteiger partial charge in [0.15, 0.2) is 0 Å². The van der Waals surface area contributed by atoms with Crippen molar-refractivity contribution in [3.63, 3.8) is 0 Å². The molecule has 1 aromatic carbocycles. The van der Waals surface area contributed by atoms with Gasteiger partial charge in [-0.1, -0.05) is 35.9 Å². The van der Waals surface area contributed by atoms with E-state index in [1.165, 1.54) is 0 Å². The number of hydrogen-bond acceptors (Lipinski definition) is 4. The van der Waals surface area contributed by atoms with Crippen molar-refractivity contribution in [2.45, 2.75) is 19.4 Å². The molecule has 0 amide bonds. The van der Waals surface area contributed by atoms with Crippen LogP contribution in [-0.4, -0.2) is 17.3 Å². The molecule has 22 heavy (non-hydrogen) atoms. The van der Waals surface area contributed by atoms with E-state index in [9.17, 15) is 4.79 Å². The molecule has 1 N–H and O–H groups in total. The third-order valence-corrected chi connectivity index (χ3v) is 4.14. The summed E-state index contributed by atoms with van der Waals surface area (Å²) in [6.45, 7) is 1.96. The molecule has 3 rings (SSSR count). The minimum Gasteiger partial charge on any atom is -0.301 e. The lowest BCUT2D eigenvalue weighted by molar-refractivity contribution is -0.108. The van der Waals surface area contributed by atoms with Gasteiger partial charge in [0, 0.05) is 16.9 Å². The van der Waals surface area contributed by atoms with E-state index in [-0.39, 0.29) is 6.04 Å². The number of benzene rings is 1. The van der Waals surface area contributed by atoms with Gasteiger partial charge in [-0.2, -0.15) is 0 Å². The van der Waals surface area contributed by atoms with E-state index in [1.54, 1.807) is 11.2 Å². The third kappa shape index (κ3) is 2.70. The highest BCUT2D eigenvalue weighted by Crippen LogP contribution is 2.28. The molecule has 0 saturated heterocycles. The standard InChI is InChI=1S/C17H16ClN3O/c1-12-14(10-13-6-2-3-7-15(13)18)16(11-22)21(20-12)17-8-4-5-9-19-17/h2-9,11,16,20H,10H2,1H3. The normalized spacial score (nSPS) is 17.5. The second-order valence-corrected chi connectivity index (χ2v) is 5.58. The smallest absolute Gasteiger partial charge is 0.148 e. The minimum absolute atomic E-state index is 0.383. The van der Waals surface area contributed by atoms with Crippen LogP contribution in [0.2, 0.25) is 5.02 Å². The number of carbonyl (C=O) groups excluding carboxylic acids is 1. The zero-order valence-electron chi connectivity index (χ0n) is 12.2. The van der Waals surface area contributed by atoms with Crippen LogP contribution in [-0.2, 0) is 11.2 Å². The summed E-state index contributed by atoms with van der Waals surface area (Å²) in [5.74, 6) is 0.716. The number of carbonyl (C=O) groups is 1. The summed E-state index contributed by atoms with van der Waals surface area (Å²) in [6, 6.07) is 12.9. The van der Waals surface area contributed by atoms with Crippen molar-refractivity contribution in [3.8, 4) is 0 Å². The Kier molecular flexibility index (Phi) is 4.11. The lowest BCUT2D eigenvalue weighted by Gasteiger charge is -2.23. The first kappa shape index (κ1) is 14.6. The van der Waals surface area contributed by atoms with Gasteiger partial charge in [-0.15, -0.1) is 0 Å². The Morgan fingerprint density at radius 2 is 2.05 bits per heavy atom. The Hall–Kier alpha value is -2.33. The van der Waals surface area contributed by atoms with E-state index in [1.807, 2.05) is 49.4 Å². The van der Waals surface area contributed by atoms with Gasteiger partial charge in [0.1, 0.15) is 18.1 Å². The summed E-state index contributed by atoms with van der Waals surface area (Å²) in [5.41, 5.74) is 6.22. The number of aromatic nitrogens is 1. The van der Waals surface area contributed by atoms with Gasteiger partial charge >= 0.3 is 0 Å². The van der Waals surface area contributed by atoms with Gasteiger partial charge in [0.05, 0.1) is 0 Å². The second kappa shape index (κ2) is 6.20. The molecule has 1 unspecified atom stereocenters. The molecule has 1 aliphatic rings. The van der Waals surface area contributed by atoms with Gasteiger partial charge in [-0.3, -0.25) is 5.01 Å². The Bertz CT molecular complexity index is 715. The van der Waals surface area contributed by atoms with Crippen molar-refractivity contribution >= 4 is 23.7 Å². The summed E-state index contributed by atoms with van der Waals surface area (Å²) in [7, 11) is 0. The number of hydrogen-bond donors (Lipinski definition) is 1. The molecule has 4 nitrogen and oxygen atoms in total. The lowest BCUT2D eigenvalue weighted by Crippen LogP contribution is -2.41. The zero-order valence-corrected chi connectivity index (χ0v) is 12.9. The summed E-state index contributed by atoms with van der Waals surface area (Å²) in [5, 5.41) is 2.50. The van der Waals surface area contributed by atoms with Gasteiger partial charge in [0.2, 0.25) is 0 Å². The van der Waals surface area contributed by atoms with Crippen molar-refractivity contribution in [2.75, 3.05) is 5.01 Å². The van der Waals surface area contributed by atoms with Crippen LogP contribution < -0.4 is 10.4 Å². The Labute approximate surface area is 134 Å². The molecule has 0 spiro atoms. The SMILES string of the molecule is CC1=C(Cc2ccccc2Cl)C(C=O)N(c2ccccn2)N1. The quantitative estimate of drug-likeness (QED) is 0.881.